The average Bonchev–Trinajstić information content (AvgIpc) is 2.73. The summed E-state index contributed by atoms with van der Waals surface area (Å²) >= 11 is 0. The summed E-state index contributed by atoms with van der Waals surface area (Å²) < 4.78 is 30.0. The van der Waals surface area contributed by atoms with E-state index in [1.165, 1.54) is 7.11 Å². The third kappa shape index (κ3) is 4.61. The summed E-state index contributed by atoms with van der Waals surface area (Å²) in [4.78, 5) is 21.6. The van der Waals surface area contributed by atoms with Gasteiger partial charge in [-0.3, -0.25) is 9.59 Å². The Hall–Kier alpha value is -1.15. The van der Waals surface area contributed by atoms with Gasteiger partial charge >= 0.3 is 11.9 Å². The van der Waals surface area contributed by atoms with E-state index < -0.39 is 27.9 Å². The molecule has 0 aliphatic heterocycles. The highest BCUT2D eigenvalue weighted by Gasteiger charge is 2.32. The van der Waals surface area contributed by atoms with Gasteiger partial charge in [-0.1, -0.05) is 0 Å². The molecule has 0 saturated heterocycles. The molecule has 7 nitrogen and oxygen atoms in total. The van der Waals surface area contributed by atoms with Crippen molar-refractivity contribution in [3.8, 4) is 0 Å². The summed E-state index contributed by atoms with van der Waals surface area (Å²) in [5, 5.41) is 8.80. The minimum atomic E-state index is -3.56. The number of hydrogen-bond acceptors (Lipinski definition) is 5. The molecule has 0 aromatic carbocycles. The SMILES string of the molecule is COC(=O)CCS(=O)(=O)NC1CCC(C(=O)O)C1. The molecule has 1 saturated carbocycles. The highest BCUT2D eigenvalue weighted by atomic mass is 32.2. The number of sulfonamides is 1. The fourth-order valence-corrected chi connectivity index (χ4v) is 3.22. The lowest BCUT2D eigenvalue weighted by atomic mass is 10.1. The van der Waals surface area contributed by atoms with Crippen LogP contribution in [0.5, 0.6) is 0 Å². The van der Waals surface area contributed by atoms with Gasteiger partial charge in [0.25, 0.3) is 0 Å². The van der Waals surface area contributed by atoms with Gasteiger partial charge in [-0.15, -0.1) is 0 Å². The van der Waals surface area contributed by atoms with E-state index in [1.807, 2.05) is 0 Å². The average molecular weight is 279 g/mol. The number of esters is 1. The van der Waals surface area contributed by atoms with Crippen molar-refractivity contribution >= 4 is 22.0 Å². The van der Waals surface area contributed by atoms with Crippen molar-refractivity contribution in [3.63, 3.8) is 0 Å². The molecule has 104 valence electrons. The lowest BCUT2D eigenvalue weighted by Crippen LogP contribution is -2.35. The second kappa shape index (κ2) is 6.14. The Kier molecular flexibility index (Phi) is 5.09. The van der Waals surface area contributed by atoms with Crippen molar-refractivity contribution < 1.29 is 27.9 Å². The zero-order chi connectivity index (χ0) is 13.8. The van der Waals surface area contributed by atoms with Gasteiger partial charge in [-0.05, 0) is 19.3 Å². The van der Waals surface area contributed by atoms with E-state index in [-0.39, 0.29) is 18.2 Å². The van der Waals surface area contributed by atoms with Crippen molar-refractivity contribution in [2.45, 2.75) is 31.7 Å². The smallest absolute Gasteiger partial charge is 0.306 e. The number of ether oxygens (including phenoxy) is 1. The number of carbonyl (C=O) groups is 2. The Balaban J connectivity index is 2.42. The van der Waals surface area contributed by atoms with E-state index in [2.05, 4.69) is 9.46 Å². The van der Waals surface area contributed by atoms with Crippen molar-refractivity contribution in [3.05, 3.63) is 0 Å². The van der Waals surface area contributed by atoms with Crippen molar-refractivity contribution in [1.29, 1.82) is 0 Å². The second-order valence-electron chi connectivity index (χ2n) is 4.31. The molecule has 0 aromatic heterocycles. The highest BCUT2D eigenvalue weighted by molar-refractivity contribution is 7.89. The molecule has 0 amide bonds. The Bertz CT molecular complexity index is 418. The monoisotopic (exact) mass is 279 g/mol. The van der Waals surface area contributed by atoms with Crippen LogP contribution in [0.4, 0.5) is 0 Å². The minimum Gasteiger partial charge on any atom is -0.481 e. The first-order valence-electron chi connectivity index (χ1n) is 5.63. The van der Waals surface area contributed by atoms with Gasteiger partial charge in [0.05, 0.1) is 25.2 Å². The fraction of sp³-hybridized carbons (Fsp3) is 0.800. The number of nitrogens with one attached hydrogen (secondary N) is 1. The third-order valence-electron chi connectivity index (χ3n) is 2.93. The van der Waals surface area contributed by atoms with Crippen LogP contribution in [0.1, 0.15) is 25.7 Å². The maximum atomic E-state index is 11.6. The zero-order valence-corrected chi connectivity index (χ0v) is 10.9. The molecule has 8 heteroatoms. The number of carboxylic acid groups (broad SMARTS) is 1. The second-order valence-corrected chi connectivity index (χ2v) is 6.18. The summed E-state index contributed by atoms with van der Waals surface area (Å²) in [7, 11) is -2.37. The Morgan fingerprint density at radius 2 is 2.06 bits per heavy atom. The van der Waals surface area contributed by atoms with Crippen LogP contribution in [0, 0.1) is 5.92 Å². The van der Waals surface area contributed by atoms with E-state index in [1.54, 1.807) is 0 Å². The van der Waals surface area contributed by atoms with Crippen LogP contribution in [0.2, 0.25) is 0 Å². The Morgan fingerprint density at radius 1 is 1.39 bits per heavy atom. The minimum absolute atomic E-state index is 0.207. The number of methoxy groups -OCH3 is 1. The van der Waals surface area contributed by atoms with Crippen LogP contribution in [0.3, 0.4) is 0 Å². The summed E-state index contributed by atoms with van der Waals surface area (Å²) in [6, 6.07) is -0.353. The number of carbonyl (C=O) groups excluding carboxylic acids is 1. The molecular weight excluding hydrogens is 262 g/mol. The van der Waals surface area contributed by atoms with E-state index in [0.717, 1.165) is 0 Å². The number of carboxylic acids is 1. The first-order chi connectivity index (χ1) is 8.34. The van der Waals surface area contributed by atoms with Crippen LogP contribution in [0.25, 0.3) is 0 Å². The molecule has 2 N–H and O–H groups in total. The van der Waals surface area contributed by atoms with E-state index >= 15 is 0 Å². The first kappa shape index (κ1) is 14.9. The number of hydrogen-bond donors (Lipinski definition) is 2. The molecule has 1 rings (SSSR count). The lowest BCUT2D eigenvalue weighted by Gasteiger charge is -2.12. The highest BCUT2D eigenvalue weighted by Crippen LogP contribution is 2.26. The molecule has 18 heavy (non-hydrogen) atoms. The maximum absolute atomic E-state index is 11.6. The van der Waals surface area contributed by atoms with Crippen LogP contribution in [-0.2, 0) is 24.3 Å². The molecule has 0 bridgehead atoms. The predicted octanol–water partition coefficient (Wildman–Crippen LogP) is -0.278. The van der Waals surface area contributed by atoms with Crippen LogP contribution < -0.4 is 4.72 Å². The first-order valence-corrected chi connectivity index (χ1v) is 7.29. The molecular formula is C10H17NO6S. The van der Waals surface area contributed by atoms with Gasteiger partial charge in [0, 0.05) is 6.04 Å². The molecule has 0 aromatic rings. The molecule has 2 unspecified atom stereocenters. The van der Waals surface area contributed by atoms with Crippen LogP contribution in [-0.4, -0.2) is 44.4 Å². The lowest BCUT2D eigenvalue weighted by molar-refractivity contribution is -0.141. The van der Waals surface area contributed by atoms with Crippen LogP contribution >= 0.6 is 0 Å². The Labute approximate surface area is 106 Å². The molecule has 0 radical (unpaired) electrons. The maximum Gasteiger partial charge on any atom is 0.306 e. The zero-order valence-electron chi connectivity index (χ0n) is 10.1. The van der Waals surface area contributed by atoms with Gasteiger partial charge in [-0.2, -0.15) is 0 Å². The molecule has 0 heterocycles. The molecule has 1 fully saturated rings. The van der Waals surface area contributed by atoms with Crippen molar-refractivity contribution in [2.75, 3.05) is 12.9 Å². The fourth-order valence-electron chi connectivity index (χ4n) is 1.95. The number of aliphatic carboxylic acids is 1. The molecule has 1 aliphatic rings. The summed E-state index contributed by atoms with van der Waals surface area (Å²) in [6.45, 7) is 0. The number of rotatable bonds is 6. The van der Waals surface area contributed by atoms with Gasteiger partial charge in [0.2, 0.25) is 10.0 Å². The molecule has 1 aliphatic carbocycles. The van der Waals surface area contributed by atoms with Crippen molar-refractivity contribution in [2.24, 2.45) is 5.92 Å². The topological polar surface area (TPSA) is 110 Å². The standard InChI is InChI=1S/C10H17NO6S/c1-17-9(12)4-5-18(15,16)11-8-3-2-7(6-8)10(13)14/h7-8,11H,2-6H2,1H3,(H,13,14). The van der Waals surface area contributed by atoms with Gasteiger partial charge in [0.1, 0.15) is 0 Å². The van der Waals surface area contributed by atoms with Crippen LogP contribution in [0.15, 0.2) is 0 Å². The largest absolute Gasteiger partial charge is 0.481 e. The van der Waals surface area contributed by atoms with E-state index in [0.29, 0.717) is 19.3 Å². The summed E-state index contributed by atoms with van der Waals surface area (Å²) in [6.07, 6.45) is 1.07. The van der Waals surface area contributed by atoms with Gasteiger partial charge in [-0.25, -0.2) is 13.1 Å². The molecule has 0 spiro atoms. The summed E-state index contributed by atoms with van der Waals surface area (Å²) in [5.41, 5.74) is 0. The summed E-state index contributed by atoms with van der Waals surface area (Å²) in [5.74, 6) is -2.31. The van der Waals surface area contributed by atoms with Crippen molar-refractivity contribution in [1.82, 2.24) is 4.72 Å². The van der Waals surface area contributed by atoms with Gasteiger partial charge < -0.3 is 9.84 Å². The normalized spacial score (nSPS) is 23.8. The van der Waals surface area contributed by atoms with Gasteiger partial charge in [0.15, 0.2) is 0 Å². The van der Waals surface area contributed by atoms with E-state index in [4.69, 9.17) is 5.11 Å². The molecule has 2 atom stereocenters. The quantitative estimate of drug-likeness (QED) is 0.647. The third-order valence-corrected chi connectivity index (χ3v) is 4.36. The predicted molar refractivity (Wildman–Crippen MR) is 62.3 cm³/mol. The van der Waals surface area contributed by atoms with E-state index in [9.17, 15) is 18.0 Å². The Morgan fingerprint density at radius 3 is 2.56 bits per heavy atom.